The molecule has 1 amide bonds. The van der Waals surface area contributed by atoms with Crippen LogP contribution < -0.4 is 4.90 Å². The molecule has 1 saturated heterocycles. The zero-order valence-corrected chi connectivity index (χ0v) is 19.8. The van der Waals surface area contributed by atoms with Gasteiger partial charge in [0.15, 0.2) is 15.0 Å². The largest absolute Gasteiger partial charge is 0.379 e. The van der Waals surface area contributed by atoms with E-state index in [0.29, 0.717) is 36.5 Å². The Bertz CT molecular complexity index is 1180. The summed E-state index contributed by atoms with van der Waals surface area (Å²) < 4.78 is 31.6. The fraction of sp³-hybridized carbons (Fsp3) is 0.364. The zero-order chi connectivity index (χ0) is 22.6. The van der Waals surface area contributed by atoms with Gasteiger partial charge >= 0.3 is 0 Å². The van der Waals surface area contributed by atoms with Crippen molar-refractivity contribution in [2.45, 2.75) is 11.3 Å². The Balaban J connectivity index is 1.52. The van der Waals surface area contributed by atoms with Gasteiger partial charge in [-0.25, -0.2) is 13.4 Å². The molecule has 0 saturated carbocycles. The van der Waals surface area contributed by atoms with Gasteiger partial charge < -0.3 is 4.74 Å². The van der Waals surface area contributed by atoms with Gasteiger partial charge in [-0.05, 0) is 30.3 Å². The van der Waals surface area contributed by atoms with E-state index < -0.39 is 9.84 Å². The standard InChI is InChI=1S/C22H24ClN3O4S2/c23-17-6-7-19-20(16-17)31-22(24-19)26(10-9-25-11-13-30-14-12-25)21(27)8-15-32(28,29)18-4-2-1-3-5-18/h1-7,16H,8-15H2. The molecule has 4 rings (SSSR count). The Labute approximate surface area is 196 Å². The molecule has 0 unspecified atom stereocenters. The third kappa shape index (κ3) is 5.65. The first-order chi connectivity index (χ1) is 15.4. The van der Waals surface area contributed by atoms with E-state index in [9.17, 15) is 13.2 Å². The van der Waals surface area contributed by atoms with E-state index in [2.05, 4.69) is 9.88 Å². The van der Waals surface area contributed by atoms with Crippen LogP contribution in [-0.2, 0) is 19.4 Å². The highest BCUT2D eigenvalue weighted by atomic mass is 35.5. The number of benzene rings is 2. The summed E-state index contributed by atoms with van der Waals surface area (Å²) in [5.74, 6) is -0.511. The first-order valence-electron chi connectivity index (χ1n) is 10.4. The van der Waals surface area contributed by atoms with Crippen molar-refractivity contribution >= 4 is 54.0 Å². The summed E-state index contributed by atoms with van der Waals surface area (Å²) >= 11 is 7.49. The lowest BCUT2D eigenvalue weighted by Gasteiger charge is -2.29. The number of hydrogen-bond acceptors (Lipinski definition) is 7. The van der Waals surface area contributed by atoms with Crippen molar-refractivity contribution < 1.29 is 17.9 Å². The number of thiazole rings is 1. The summed E-state index contributed by atoms with van der Waals surface area (Å²) in [4.78, 5) is 21.9. The number of anilines is 1. The van der Waals surface area contributed by atoms with Crippen molar-refractivity contribution in [3.05, 3.63) is 53.6 Å². The van der Waals surface area contributed by atoms with Crippen LogP contribution in [0, 0.1) is 0 Å². The van der Waals surface area contributed by atoms with Crippen LogP contribution in [0.4, 0.5) is 5.13 Å². The highest BCUT2D eigenvalue weighted by Crippen LogP contribution is 2.31. The maximum absolute atomic E-state index is 13.2. The Morgan fingerprint density at radius 3 is 2.66 bits per heavy atom. The van der Waals surface area contributed by atoms with E-state index in [1.54, 1.807) is 41.3 Å². The molecule has 0 spiro atoms. The third-order valence-electron chi connectivity index (χ3n) is 5.30. The molecule has 0 radical (unpaired) electrons. The minimum atomic E-state index is -3.55. The Morgan fingerprint density at radius 1 is 1.16 bits per heavy atom. The van der Waals surface area contributed by atoms with Gasteiger partial charge in [-0.1, -0.05) is 41.1 Å². The first kappa shape index (κ1) is 23.1. The topological polar surface area (TPSA) is 79.8 Å². The van der Waals surface area contributed by atoms with Gasteiger partial charge in [-0.3, -0.25) is 14.6 Å². The van der Waals surface area contributed by atoms with Gasteiger partial charge in [0.2, 0.25) is 5.91 Å². The zero-order valence-electron chi connectivity index (χ0n) is 17.4. The number of fused-ring (bicyclic) bond motifs is 1. The predicted molar refractivity (Wildman–Crippen MR) is 127 cm³/mol. The van der Waals surface area contributed by atoms with Crippen LogP contribution in [0.5, 0.6) is 0 Å². The number of carbonyl (C=O) groups excluding carboxylic acids is 1. The normalized spacial score (nSPS) is 15.2. The van der Waals surface area contributed by atoms with E-state index in [4.69, 9.17) is 16.3 Å². The number of nitrogens with zero attached hydrogens (tertiary/aromatic N) is 3. The van der Waals surface area contributed by atoms with Crippen molar-refractivity contribution in [1.82, 2.24) is 9.88 Å². The maximum atomic E-state index is 13.2. The van der Waals surface area contributed by atoms with Crippen LogP contribution in [0.1, 0.15) is 6.42 Å². The van der Waals surface area contributed by atoms with E-state index in [-0.39, 0.29) is 23.0 Å². The SMILES string of the molecule is O=C(CCS(=O)(=O)c1ccccc1)N(CCN1CCOCC1)c1nc2ccc(Cl)cc2s1. The molecule has 0 N–H and O–H groups in total. The van der Waals surface area contributed by atoms with Crippen molar-refractivity contribution in [3.63, 3.8) is 0 Å². The summed E-state index contributed by atoms with van der Waals surface area (Å²) in [6, 6.07) is 13.6. The van der Waals surface area contributed by atoms with Crippen LogP contribution in [0.3, 0.4) is 0 Å². The van der Waals surface area contributed by atoms with E-state index in [1.165, 1.54) is 11.3 Å². The lowest BCUT2D eigenvalue weighted by molar-refractivity contribution is -0.118. The summed E-state index contributed by atoms with van der Waals surface area (Å²) in [7, 11) is -3.55. The predicted octanol–water partition coefficient (Wildman–Crippen LogP) is 3.48. The van der Waals surface area contributed by atoms with Crippen molar-refractivity contribution in [3.8, 4) is 0 Å². The molecular formula is C22H24ClN3O4S2. The van der Waals surface area contributed by atoms with Crippen LogP contribution in [0.2, 0.25) is 5.02 Å². The molecule has 1 aliphatic rings. The minimum absolute atomic E-state index is 0.114. The van der Waals surface area contributed by atoms with E-state index >= 15 is 0 Å². The van der Waals surface area contributed by atoms with Crippen LogP contribution in [0.15, 0.2) is 53.4 Å². The molecule has 0 bridgehead atoms. The monoisotopic (exact) mass is 493 g/mol. The van der Waals surface area contributed by atoms with Crippen molar-refractivity contribution in [1.29, 1.82) is 0 Å². The summed E-state index contributed by atoms with van der Waals surface area (Å²) in [6.07, 6.45) is -0.114. The Morgan fingerprint density at radius 2 is 1.91 bits per heavy atom. The lowest BCUT2D eigenvalue weighted by Crippen LogP contribution is -2.43. The van der Waals surface area contributed by atoms with Gasteiger partial charge in [0.25, 0.3) is 0 Å². The number of rotatable bonds is 8. The number of morpholine rings is 1. The van der Waals surface area contributed by atoms with Gasteiger partial charge in [-0.15, -0.1) is 0 Å². The average molecular weight is 494 g/mol. The second kappa shape index (κ2) is 10.3. The lowest BCUT2D eigenvalue weighted by atomic mass is 10.3. The molecule has 1 fully saturated rings. The molecule has 170 valence electrons. The molecule has 1 aliphatic heterocycles. The fourth-order valence-corrected chi connectivity index (χ4v) is 6.03. The average Bonchev–Trinajstić information content (AvgIpc) is 3.22. The smallest absolute Gasteiger partial charge is 0.229 e. The van der Waals surface area contributed by atoms with Crippen LogP contribution in [-0.4, -0.2) is 69.4 Å². The molecule has 10 heteroatoms. The van der Waals surface area contributed by atoms with E-state index in [1.807, 2.05) is 12.1 Å². The summed E-state index contributed by atoms with van der Waals surface area (Å²) in [6.45, 7) is 4.04. The Hall–Kier alpha value is -2.04. The number of sulfone groups is 1. The van der Waals surface area contributed by atoms with Gasteiger partial charge in [-0.2, -0.15) is 0 Å². The number of amides is 1. The van der Waals surface area contributed by atoms with Gasteiger partial charge in [0.1, 0.15) is 0 Å². The molecule has 2 aromatic carbocycles. The Kier molecular flexibility index (Phi) is 7.42. The number of halogens is 1. The molecule has 1 aromatic heterocycles. The van der Waals surface area contributed by atoms with Crippen molar-refractivity contribution in [2.75, 3.05) is 50.0 Å². The molecular weight excluding hydrogens is 470 g/mol. The molecule has 7 nitrogen and oxygen atoms in total. The first-order valence-corrected chi connectivity index (χ1v) is 13.2. The number of hydrogen-bond donors (Lipinski definition) is 0. The summed E-state index contributed by atoms with van der Waals surface area (Å²) in [5.41, 5.74) is 0.760. The minimum Gasteiger partial charge on any atom is -0.379 e. The molecule has 0 atom stereocenters. The maximum Gasteiger partial charge on any atom is 0.229 e. The molecule has 3 aromatic rings. The number of ether oxygens (including phenoxy) is 1. The fourth-order valence-electron chi connectivity index (χ4n) is 3.50. The number of aromatic nitrogens is 1. The molecule has 2 heterocycles. The highest BCUT2D eigenvalue weighted by molar-refractivity contribution is 7.91. The van der Waals surface area contributed by atoms with Crippen LogP contribution >= 0.6 is 22.9 Å². The van der Waals surface area contributed by atoms with Crippen LogP contribution in [0.25, 0.3) is 10.2 Å². The second-order valence-electron chi connectivity index (χ2n) is 7.49. The highest BCUT2D eigenvalue weighted by Gasteiger charge is 2.24. The van der Waals surface area contributed by atoms with Crippen molar-refractivity contribution in [2.24, 2.45) is 0 Å². The molecule has 0 aliphatic carbocycles. The quantitative estimate of drug-likeness (QED) is 0.478. The summed E-state index contributed by atoms with van der Waals surface area (Å²) in [5, 5.41) is 1.16. The third-order valence-corrected chi connectivity index (χ3v) is 8.31. The number of carbonyl (C=O) groups is 1. The van der Waals surface area contributed by atoms with E-state index in [0.717, 1.165) is 23.3 Å². The van der Waals surface area contributed by atoms with Gasteiger partial charge in [0, 0.05) is 37.6 Å². The molecule has 32 heavy (non-hydrogen) atoms. The van der Waals surface area contributed by atoms with Gasteiger partial charge in [0.05, 0.1) is 34.1 Å². The second-order valence-corrected chi connectivity index (χ2v) is 11.0.